The van der Waals surface area contributed by atoms with Gasteiger partial charge in [-0.15, -0.1) is 11.3 Å². The van der Waals surface area contributed by atoms with Crippen molar-refractivity contribution in [3.05, 3.63) is 59.1 Å². The van der Waals surface area contributed by atoms with Crippen LogP contribution in [0.2, 0.25) is 0 Å². The van der Waals surface area contributed by atoms with Gasteiger partial charge in [0.25, 0.3) is 0 Å². The topological polar surface area (TPSA) is 76.6 Å². The third-order valence-corrected chi connectivity index (χ3v) is 6.33. The molecule has 0 aliphatic heterocycles. The van der Waals surface area contributed by atoms with E-state index in [2.05, 4.69) is 4.98 Å². The highest BCUT2D eigenvalue weighted by atomic mass is 32.2. The molecule has 0 radical (unpaired) electrons. The van der Waals surface area contributed by atoms with Gasteiger partial charge in [-0.25, -0.2) is 22.5 Å². The van der Waals surface area contributed by atoms with Crippen LogP contribution in [0.3, 0.4) is 0 Å². The number of carbonyl (C=O) groups is 1. The lowest BCUT2D eigenvalue weighted by atomic mass is 10.2. The Kier molecular flexibility index (Phi) is 4.85. The van der Waals surface area contributed by atoms with Gasteiger partial charge in [0, 0.05) is 14.1 Å². The zero-order chi connectivity index (χ0) is 18.0. The minimum atomic E-state index is -3.60. The Hall–Kier alpha value is -2.29. The number of benzene rings is 2. The number of esters is 1. The number of thiazole rings is 1. The predicted octanol–water partition coefficient (Wildman–Crippen LogP) is 2.90. The Morgan fingerprint density at radius 3 is 2.64 bits per heavy atom. The maximum absolute atomic E-state index is 12.2. The van der Waals surface area contributed by atoms with Crippen molar-refractivity contribution in [2.45, 2.75) is 11.5 Å². The number of hydrogen-bond donors (Lipinski definition) is 0. The van der Waals surface area contributed by atoms with Gasteiger partial charge in [0.1, 0.15) is 11.6 Å². The molecule has 6 nitrogen and oxygen atoms in total. The van der Waals surface area contributed by atoms with Gasteiger partial charge < -0.3 is 4.74 Å². The lowest BCUT2D eigenvalue weighted by Crippen LogP contribution is -2.22. The van der Waals surface area contributed by atoms with Gasteiger partial charge in [-0.05, 0) is 30.3 Å². The molecule has 0 N–H and O–H groups in total. The molecule has 1 aromatic heterocycles. The molecule has 3 aromatic rings. The zero-order valence-corrected chi connectivity index (χ0v) is 15.3. The third kappa shape index (κ3) is 3.71. The van der Waals surface area contributed by atoms with Crippen molar-refractivity contribution in [2.75, 3.05) is 14.1 Å². The molecular weight excluding hydrogens is 360 g/mol. The van der Waals surface area contributed by atoms with E-state index >= 15 is 0 Å². The standard InChI is InChI=1S/C17H16N2O4S2/c1-19(2)25(21,22)13-7-5-6-12(10-13)17(20)23-11-16-18-14-8-3-4-9-15(14)24-16/h3-10H,11H2,1-2H3. The Balaban J connectivity index is 1.75. The van der Waals surface area contributed by atoms with E-state index in [4.69, 9.17) is 4.74 Å². The first-order valence-electron chi connectivity index (χ1n) is 7.42. The molecular formula is C17H16N2O4S2. The Morgan fingerprint density at radius 2 is 1.92 bits per heavy atom. The van der Waals surface area contributed by atoms with Crippen LogP contribution in [0, 0.1) is 0 Å². The highest BCUT2D eigenvalue weighted by molar-refractivity contribution is 7.89. The minimum Gasteiger partial charge on any atom is -0.455 e. The van der Waals surface area contributed by atoms with Crippen molar-refractivity contribution < 1.29 is 17.9 Å². The predicted molar refractivity (Wildman–Crippen MR) is 96.1 cm³/mol. The SMILES string of the molecule is CN(C)S(=O)(=O)c1cccc(C(=O)OCc2nc3ccccc3s2)c1. The summed E-state index contributed by atoms with van der Waals surface area (Å²) in [4.78, 5) is 16.7. The first-order valence-corrected chi connectivity index (χ1v) is 9.68. The second-order valence-corrected chi connectivity index (χ2v) is 8.73. The van der Waals surface area contributed by atoms with Gasteiger partial charge in [0.2, 0.25) is 10.0 Å². The first-order chi connectivity index (χ1) is 11.9. The molecule has 0 amide bonds. The third-order valence-electron chi connectivity index (χ3n) is 3.51. The lowest BCUT2D eigenvalue weighted by Gasteiger charge is -2.12. The van der Waals surface area contributed by atoms with E-state index in [0.29, 0.717) is 5.01 Å². The van der Waals surface area contributed by atoms with Crippen LogP contribution in [0.4, 0.5) is 0 Å². The van der Waals surface area contributed by atoms with E-state index in [1.54, 1.807) is 0 Å². The second kappa shape index (κ2) is 6.91. The molecule has 0 bridgehead atoms. The molecule has 0 aliphatic rings. The smallest absolute Gasteiger partial charge is 0.338 e. The summed E-state index contributed by atoms with van der Waals surface area (Å²) >= 11 is 1.45. The van der Waals surface area contributed by atoms with Gasteiger partial charge in [-0.1, -0.05) is 18.2 Å². The second-order valence-electron chi connectivity index (χ2n) is 5.47. The average molecular weight is 376 g/mol. The molecule has 8 heteroatoms. The monoisotopic (exact) mass is 376 g/mol. The van der Waals surface area contributed by atoms with E-state index in [0.717, 1.165) is 14.5 Å². The lowest BCUT2D eigenvalue weighted by molar-refractivity contribution is 0.0472. The molecule has 0 aliphatic carbocycles. The number of hydrogen-bond acceptors (Lipinski definition) is 6. The number of para-hydroxylation sites is 1. The Bertz CT molecular complexity index is 993. The molecule has 0 unspecified atom stereocenters. The summed E-state index contributed by atoms with van der Waals surface area (Å²) in [5.74, 6) is -0.588. The van der Waals surface area contributed by atoms with Crippen LogP contribution < -0.4 is 0 Å². The van der Waals surface area contributed by atoms with Gasteiger partial charge >= 0.3 is 5.97 Å². The summed E-state index contributed by atoms with van der Waals surface area (Å²) in [6, 6.07) is 13.5. The number of rotatable bonds is 5. The van der Waals surface area contributed by atoms with E-state index in [9.17, 15) is 13.2 Å². The van der Waals surface area contributed by atoms with Crippen LogP contribution in [-0.4, -0.2) is 37.8 Å². The normalized spacial score (nSPS) is 11.8. The van der Waals surface area contributed by atoms with Crippen LogP contribution in [-0.2, 0) is 21.4 Å². The summed E-state index contributed by atoms with van der Waals surface area (Å²) in [7, 11) is -0.726. The number of nitrogens with zero attached hydrogens (tertiary/aromatic N) is 2. The number of ether oxygens (including phenoxy) is 1. The molecule has 130 valence electrons. The minimum absolute atomic E-state index is 0.0445. The molecule has 2 aromatic carbocycles. The van der Waals surface area contributed by atoms with Crippen LogP contribution >= 0.6 is 11.3 Å². The van der Waals surface area contributed by atoms with E-state index in [-0.39, 0.29) is 17.1 Å². The van der Waals surface area contributed by atoms with Crippen molar-refractivity contribution in [2.24, 2.45) is 0 Å². The fourth-order valence-corrected chi connectivity index (χ4v) is 4.02. The summed E-state index contributed by atoms with van der Waals surface area (Å²) in [6.45, 7) is 0.0445. The molecule has 0 saturated heterocycles. The molecule has 0 saturated carbocycles. The maximum Gasteiger partial charge on any atom is 0.338 e. The van der Waals surface area contributed by atoms with Crippen molar-refractivity contribution in [3.63, 3.8) is 0 Å². The van der Waals surface area contributed by atoms with E-state index < -0.39 is 16.0 Å². The van der Waals surface area contributed by atoms with Crippen LogP contribution in [0.1, 0.15) is 15.4 Å². The molecule has 0 spiro atoms. The van der Waals surface area contributed by atoms with Crippen molar-refractivity contribution in [3.8, 4) is 0 Å². The first kappa shape index (κ1) is 17.5. The number of sulfonamides is 1. The molecule has 0 fully saturated rings. The van der Waals surface area contributed by atoms with E-state index in [1.165, 1.54) is 49.7 Å². The number of carbonyl (C=O) groups excluding carboxylic acids is 1. The van der Waals surface area contributed by atoms with Crippen molar-refractivity contribution in [1.82, 2.24) is 9.29 Å². The number of fused-ring (bicyclic) bond motifs is 1. The molecule has 3 rings (SSSR count). The van der Waals surface area contributed by atoms with E-state index in [1.807, 2.05) is 24.3 Å². The largest absolute Gasteiger partial charge is 0.455 e. The summed E-state index contributed by atoms with van der Waals surface area (Å²) in [5.41, 5.74) is 1.04. The number of aromatic nitrogens is 1. The van der Waals surface area contributed by atoms with Crippen LogP contribution in [0.5, 0.6) is 0 Å². The molecule has 1 heterocycles. The van der Waals surface area contributed by atoms with Gasteiger partial charge in [0.15, 0.2) is 0 Å². The highest BCUT2D eigenvalue weighted by Crippen LogP contribution is 2.22. The van der Waals surface area contributed by atoms with Crippen LogP contribution in [0.15, 0.2) is 53.4 Å². The highest BCUT2D eigenvalue weighted by Gasteiger charge is 2.19. The molecule has 0 atom stereocenters. The molecule has 25 heavy (non-hydrogen) atoms. The van der Waals surface area contributed by atoms with Crippen molar-refractivity contribution in [1.29, 1.82) is 0 Å². The van der Waals surface area contributed by atoms with Gasteiger partial charge in [-0.3, -0.25) is 0 Å². The quantitative estimate of drug-likeness (QED) is 0.640. The van der Waals surface area contributed by atoms with Gasteiger partial charge in [0.05, 0.1) is 20.7 Å². The van der Waals surface area contributed by atoms with Gasteiger partial charge in [-0.2, -0.15) is 0 Å². The Labute approximate surface area is 149 Å². The Morgan fingerprint density at radius 1 is 1.16 bits per heavy atom. The summed E-state index contributed by atoms with van der Waals surface area (Å²) < 4.78 is 31.7. The zero-order valence-electron chi connectivity index (χ0n) is 13.7. The summed E-state index contributed by atoms with van der Waals surface area (Å²) in [6.07, 6.45) is 0. The fraction of sp³-hybridized carbons (Fsp3) is 0.176. The maximum atomic E-state index is 12.2. The fourth-order valence-electron chi connectivity index (χ4n) is 2.19. The van der Waals surface area contributed by atoms with Crippen LogP contribution in [0.25, 0.3) is 10.2 Å². The van der Waals surface area contributed by atoms with Crippen molar-refractivity contribution >= 4 is 37.5 Å². The summed E-state index contributed by atoms with van der Waals surface area (Å²) in [5, 5.41) is 0.687. The average Bonchev–Trinajstić information content (AvgIpc) is 3.02.